The Morgan fingerprint density at radius 1 is 1.08 bits per heavy atom. The maximum absolute atomic E-state index is 12.2. The molecule has 1 aliphatic rings. The van der Waals surface area contributed by atoms with E-state index in [1.807, 2.05) is 59.5 Å². The first-order valence-electron chi connectivity index (χ1n) is 8.63. The van der Waals surface area contributed by atoms with Gasteiger partial charge in [-0.3, -0.25) is 9.59 Å². The summed E-state index contributed by atoms with van der Waals surface area (Å²) in [6.45, 7) is 1.19. The smallest absolute Gasteiger partial charge is 0.241 e. The van der Waals surface area contributed by atoms with Crippen molar-refractivity contribution in [3.8, 4) is 0 Å². The van der Waals surface area contributed by atoms with Crippen molar-refractivity contribution in [1.82, 2.24) is 5.32 Å². The number of nitrogens with zero attached hydrogens (tertiary/aromatic N) is 1. The van der Waals surface area contributed by atoms with E-state index >= 15 is 0 Å². The van der Waals surface area contributed by atoms with Crippen molar-refractivity contribution in [2.75, 3.05) is 11.4 Å². The van der Waals surface area contributed by atoms with Gasteiger partial charge in [0.2, 0.25) is 11.8 Å². The molecule has 1 aliphatic heterocycles. The fourth-order valence-corrected chi connectivity index (χ4v) is 2.98. The predicted octanol–water partition coefficient (Wildman–Crippen LogP) is 2.94. The highest BCUT2D eigenvalue weighted by Crippen LogP contribution is 2.21. The van der Waals surface area contributed by atoms with E-state index in [9.17, 15) is 9.59 Å². The molecule has 138 valence electrons. The minimum atomic E-state index is -0.675. The standard InChI is InChI=1S/C20H23N3O2.ClH/c21-19(16-6-2-1-3-7-16)20(25)22-14-15-9-11-17(12-10-15)23-13-5-4-8-18(23)24;/h1-3,6-7,9-12,19H,4-5,8,13-14,21H2,(H,22,25);1H. The molecule has 0 aliphatic carbocycles. The van der Waals surface area contributed by atoms with Gasteiger partial charge in [-0.05, 0) is 36.1 Å². The fraction of sp³-hybridized carbons (Fsp3) is 0.300. The van der Waals surface area contributed by atoms with Gasteiger partial charge in [0.25, 0.3) is 0 Å². The first-order valence-corrected chi connectivity index (χ1v) is 8.63. The Hall–Kier alpha value is -2.37. The van der Waals surface area contributed by atoms with Crippen LogP contribution in [0, 0.1) is 0 Å². The van der Waals surface area contributed by atoms with Gasteiger partial charge >= 0.3 is 0 Å². The molecular formula is C20H24ClN3O2. The van der Waals surface area contributed by atoms with Crippen molar-refractivity contribution >= 4 is 29.9 Å². The SMILES string of the molecule is Cl.NC(C(=O)NCc1ccc(N2CCCCC2=O)cc1)c1ccccc1. The first kappa shape index (κ1) is 19.9. The quantitative estimate of drug-likeness (QED) is 0.846. The Kier molecular flexibility index (Phi) is 7.18. The molecular weight excluding hydrogens is 350 g/mol. The Bertz CT molecular complexity index is 734. The molecule has 2 amide bonds. The van der Waals surface area contributed by atoms with E-state index < -0.39 is 6.04 Å². The zero-order valence-corrected chi connectivity index (χ0v) is 15.4. The molecule has 1 heterocycles. The van der Waals surface area contributed by atoms with E-state index in [2.05, 4.69) is 5.32 Å². The Balaban J connectivity index is 0.00000243. The molecule has 6 heteroatoms. The van der Waals surface area contributed by atoms with E-state index in [1.54, 1.807) is 0 Å². The summed E-state index contributed by atoms with van der Waals surface area (Å²) >= 11 is 0. The summed E-state index contributed by atoms with van der Waals surface area (Å²) in [7, 11) is 0. The summed E-state index contributed by atoms with van der Waals surface area (Å²) in [4.78, 5) is 26.0. The van der Waals surface area contributed by atoms with Gasteiger partial charge in [-0.15, -0.1) is 12.4 Å². The molecule has 0 aromatic heterocycles. The average molecular weight is 374 g/mol. The molecule has 0 saturated carbocycles. The van der Waals surface area contributed by atoms with Crippen LogP contribution < -0.4 is 16.0 Å². The molecule has 1 fully saturated rings. The van der Waals surface area contributed by atoms with Crippen LogP contribution in [0.3, 0.4) is 0 Å². The van der Waals surface area contributed by atoms with Crippen molar-refractivity contribution in [3.05, 3.63) is 65.7 Å². The van der Waals surface area contributed by atoms with Crippen molar-refractivity contribution in [3.63, 3.8) is 0 Å². The molecule has 0 spiro atoms. The van der Waals surface area contributed by atoms with E-state index in [4.69, 9.17) is 5.73 Å². The number of anilines is 1. The summed E-state index contributed by atoms with van der Waals surface area (Å²) in [6.07, 6.45) is 2.64. The zero-order chi connectivity index (χ0) is 17.6. The van der Waals surface area contributed by atoms with Crippen LogP contribution in [0.1, 0.15) is 36.4 Å². The summed E-state index contributed by atoms with van der Waals surface area (Å²) < 4.78 is 0. The van der Waals surface area contributed by atoms with E-state index in [0.29, 0.717) is 13.0 Å². The second-order valence-corrected chi connectivity index (χ2v) is 6.28. The van der Waals surface area contributed by atoms with Crippen LogP contribution in [0.15, 0.2) is 54.6 Å². The summed E-state index contributed by atoms with van der Waals surface area (Å²) in [5, 5.41) is 2.86. The molecule has 1 atom stereocenters. The third-order valence-corrected chi connectivity index (χ3v) is 4.48. The normalized spacial score (nSPS) is 15.1. The lowest BCUT2D eigenvalue weighted by Crippen LogP contribution is -2.35. The lowest BCUT2D eigenvalue weighted by Gasteiger charge is -2.26. The van der Waals surface area contributed by atoms with Crippen LogP contribution in [0.25, 0.3) is 0 Å². The number of nitrogens with one attached hydrogen (secondary N) is 1. The molecule has 2 aromatic rings. The van der Waals surface area contributed by atoms with Gasteiger partial charge in [0.05, 0.1) is 0 Å². The lowest BCUT2D eigenvalue weighted by atomic mass is 10.1. The molecule has 5 nitrogen and oxygen atoms in total. The Labute approximate surface area is 160 Å². The molecule has 3 rings (SSSR count). The van der Waals surface area contributed by atoms with Gasteiger partial charge < -0.3 is 16.0 Å². The summed E-state index contributed by atoms with van der Waals surface area (Å²) in [5.74, 6) is -0.0253. The number of nitrogens with two attached hydrogens (primary N) is 1. The van der Waals surface area contributed by atoms with Crippen LogP contribution in [0.5, 0.6) is 0 Å². The molecule has 1 saturated heterocycles. The van der Waals surface area contributed by atoms with Crippen LogP contribution in [0.2, 0.25) is 0 Å². The third-order valence-electron chi connectivity index (χ3n) is 4.48. The number of amides is 2. The van der Waals surface area contributed by atoms with E-state index in [0.717, 1.165) is 36.2 Å². The molecule has 26 heavy (non-hydrogen) atoms. The fourth-order valence-electron chi connectivity index (χ4n) is 2.98. The Morgan fingerprint density at radius 3 is 2.42 bits per heavy atom. The molecule has 1 unspecified atom stereocenters. The second kappa shape index (κ2) is 9.36. The average Bonchev–Trinajstić information content (AvgIpc) is 2.67. The van der Waals surface area contributed by atoms with Gasteiger partial charge in [-0.25, -0.2) is 0 Å². The number of hydrogen-bond donors (Lipinski definition) is 2. The highest BCUT2D eigenvalue weighted by atomic mass is 35.5. The number of rotatable bonds is 5. The molecule has 0 radical (unpaired) electrons. The van der Waals surface area contributed by atoms with Gasteiger partial charge in [0, 0.05) is 25.2 Å². The van der Waals surface area contributed by atoms with Crippen molar-refractivity contribution in [2.24, 2.45) is 5.73 Å². The van der Waals surface area contributed by atoms with Crippen LogP contribution >= 0.6 is 12.4 Å². The van der Waals surface area contributed by atoms with Crippen LogP contribution in [0.4, 0.5) is 5.69 Å². The topological polar surface area (TPSA) is 75.4 Å². The van der Waals surface area contributed by atoms with Crippen LogP contribution in [-0.4, -0.2) is 18.4 Å². The van der Waals surface area contributed by atoms with Crippen molar-refractivity contribution in [1.29, 1.82) is 0 Å². The van der Waals surface area contributed by atoms with E-state index in [-0.39, 0.29) is 24.2 Å². The maximum Gasteiger partial charge on any atom is 0.241 e. The van der Waals surface area contributed by atoms with Gasteiger partial charge in [0.15, 0.2) is 0 Å². The number of halogens is 1. The third kappa shape index (κ3) is 4.84. The Morgan fingerprint density at radius 2 is 1.77 bits per heavy atom. The summed E-state index contributed by atoms with van der Waals surface area (Å²) in [5.41, 5.74) is 8.67. The lowest BCUT2D eigenvalue weighted by molar-refractivity contribution is -0.122. The van der Waals surface area contributed by atoms with Gasteiger partial charge in [0.1, 0.15) is 6.04 Å². The minimum Gasteiger partial charge on any atom is -0.350 e. The van der Waals surface area contributed by atoms with Crippen LogP contribution in [-0.2, 0) is 16.1 Å². The van der Waals surface area contributed by atoms with E-state index in [1.165, 1.54) is 0 Å². The monoisotopic (exact) mass is 373 g/mol. The number of hydrogen-bond acceptors (Lipinski definition) is 3. The zero-order valence-electron chi connectivity index (χ0n) is 14.6. The summed E-state index contributed by atoms with van der Waals surface area (Å²) in [6, 6.07) is 16.4. The largest absolute Gasteiger partial charge is 0.350 e. The van der Waals surface area contributed by atoms with Crippen molar-refractivity contribution in [2.45, 2.75) is 31.8 Å². The van der Waals surface area contributed by atoms with Gasteiger partial charge in [-0.2, -0.15) is 0 Å². The predicted molar refractivity (Wildman–Crippen MR) is 105 cm³/mol. The van der Waals surface area contributed by atoms with Gasteiger partial charge in [-0.1, -0.05) is 42.5 Å². The number of carbonyl (C=O) groups excluding carboxylic acids is 2. The number of carbonyl (C=O) groups is 2. The molecule has 3 N–H and O–H groups in total. The molecule has 2 aromatic carbocycles. The number of piperidine rings is 1. The highest BCUT2D eigenvalue weighted by molar-refractivity contribution is 5.94. The second-order valence-electron chi connectivity index (χ2n) is 6.28. The highest BCUT2D eigenvalue weighted by Gasteiger charge is 2.19. The maximum atomic E-state index is 12.2. The molecule has 0 bridgehead atoms. The van der Waals surface area contributed by atoms with Crippen molar-refractivity contribution < 1.29 is 9.59 Å². The minimum absolute atomic E-state index is 0. The number of benzene rings is 2. The first-order chi connectivity index (χ1) is 12.1.